The van der Waals surface area contributed by atoms with Crippen LogP contribution in [0.25, 0.3) is 0 Å². The van der Waals surface area contributed by atoms with E-state index in [1.165, 1.54) is 51.5 Å². The van der Waals surface area contributed by atoms with Gasteiger partial charge in [0, 0.05) is 18.1 Å². The molecule has 1 aromatic carbocycles. The summed E-state index contributed by atoms with van der Waals surface area (Å²) in [6.45, 7) is 1.18. The molecular formula is C19H30N2. The molecule has 2 aliphatic rings. The van der Waals surface area contributed by atoms with Crippen molar-refractivity contribution in [3.8, 4) is 0 Å². The molecule has 0 atom stereocenters. The summed E-state index contributed by atoms with van der Waals surface area (Å²) in [5, 5.41) is 3.88. The van der Waals surface area contributed by atoms with Gasteiger partial charge in [-0.2, -0.15) is 0 Å². The van der Waals surface area contributed by atoms with Gasteiger partial charge in [0.15, 0.2) is 0 Å². The quantitative estimate of drug-likeness (QED) is 0.886. The molecule has 0 aromatic heterocycles. The minimum absolute atomic E-state index is 0.455. The first kappa shape index (κ1) is 15.1. The SMILES string of the molecule is CN(C)C1(CNC2CCC(c3ccccc3)CC2)CCC1. The molecule has 2 fully saturated rings. The van der Waals surface area contributed by atoms with Gasteiger partial charge in [0.05, 0.1) is 0 Å². The van der Waals surface area contributed by atoms with Crippen LogP contribution in [-0.4, -0.2) is 37.1 Å². The Hall–Kier alpha value is -0.860. The Kier molecular flexibility index (Phi) is 4.66. The molecule has 0 radical (unpaired) electrons. The highest BCUT2D eigenvalue weighted by molar-refractivity contribution is 5.20. The third-order valence-corrected chi connectivity index (χ3v) is 5.95. The van der Waals surface area contributed by atoms with Gasteiger partial charge in [-0.1, -0.05) is 30.3 Å². The van der Waals surface area contributed by atoms with E-state index in [9.17, 15) is 0 Å². The highest BCUT2D eigenvalue weighted by Gasteiger charge is 2.39. The summed E-state index contributed by atoms with van der Waals surface area (Å²) < 4.78 is 0. The molecule has 2 nitrogen and oxygen atoms in total. The minimum Gasteiger partial charge on any atom is -0.312 e. The summed E-state index contributed by atoms with van der Waals surface area (Å²) >= 11 is 0. The first-order chi connectivity index (χ1) is 10.2. The van der Waals surface area contributed by atoms with Crippen molar-refractivity contribution in [2.24, 2.45) is 0 Å². The molecule has 0 saturated heterocycles. The zero-order valence-electron chi connectivity index (χ0n) is 13.6. The number of hydrogen-bond donors (Lipinski definition) is 1. The zero-order chi connectivity index (χ0) is 14.7. The molecule has 2 aliphatic carbocycles. The van der Waals surface area contributed by atoms with Gasteiger partial charge in [0.2, 0.25) is 0 Å². The van der Waals surface area contributed by atoms with Gasteiger partial charge in [0.1, 0.15) is 0 Å². The van der Waals surface area contributed by atoms with E-state index in [0.29, 0.717) is 5.54 Å². The van der Waals surface area contributed by atoms with Crippen molar-refractivity contribution in [3.63, 3.8) is 0 Å². The number of likely N-dealkylation sites (N-methyl/N-ethyl adjacent to an activating group) is 1. The molecule has 0 spiro atoms. The van der Waals surface area contributed by atoms with Gasteiger partial charge >= 0.3 is 0 Å². The standard InChI is InChI=1S/C19H30N2/c1-21(2)19(13-6-14-19)15-20-18-11-9-17(10-12-18)16-7-4-3-5-8-16/h3-5,7-8,17-18,20H,6,9-15H2,1-2H3. The van der Waals surface area contributed by atoms with E-state index in [2.05, 4.69) is 54.6 Å². The van der Waals surface area contributed by atoms with Crippen LogP contribution in [0, 0.1) is 0 Å². The predicted octanol–water partition coefficient (Wildman–Crippen LogP) is 3.79. The van der Waals surface area contributed by atoms with Crippen molar-refractivity contribution in [2.75, 3.05) is 20.6 Å². The zero-order valence-corrected chi connectivity index (χ0v) is 13.6. The Bertz CT molecular complexity index is 428. The van der Waals surface area contributed by atoms with Gasteiger partial charge in [-0.05, 0) is 70.5 Å². The fourth-order valence-corrected chi connectivity index (χ4v) is 4.06. The van der Waals surface area contributed by atoms with Crippen LogP contribution in [0.4, 0.5) is 0 Å². The summed E-state index contributed by atoms with van der Waals surface area (Å²) in [4.78, 5) is 2.44. The van der Waals surface area contributed by atoms with Gasteiger partial charge in [-0.3, -0.25) is 0 Å². The third kappa shape index (κ3) is 3.32. The maximum absolute atomic E-state index is 3.88. The van der Waals surface area contributed by atoms with E-state index in [1.807, 2.05) is 0 Å². The van der Waals surface area contributed by atoms with Crippen molar-refractivity contribution in [1.82, 2.24) is 10.2 Å². The van der Waals surface area contributed by atoms with Crippen molar-refractivity contribution in [1.29, 1.82) is 0 Å². The van der Waals surface area contributed by atoms with Crippen LogP contribution in [0.1, 0.15) is 56.4 Å². The van der Waals surface area contributed by atoms with Crippen LogP contribution >= 0.6 is 0 Å². The van der Waals surface area contributed by atoms with Crippen LogP contribution < -0.4 is 5.32 Å². The lowest BCUT2D eigenvalue weighted by Gasteiger charge is -2.48. The molecule has 116 valence electrons. The molecule has 0 heterocycles. The van der Waals surface area contributed by atoms with E-state index in [4.69, 9.17) is 0 Å². The molecule has 0 amide bonds. The molecule has 2 heteroatoms. The van der Waals surface area contributed by atoms with Crippen molar-refractivity contribution in [2.45, 2.75) is 62.4 Å². The van der Waals surface area contributed by atoms with Crippen molar-refractivity contribution >= 4 is 0 Å². The van der Waals surface area contributed by atoms with Gasteiger partial charge < -0.3 is 10.2 Å². The van der Waals surface area contributed by atoms with Crippen LogP contribution in [0.5, 0.6) is 0 Å². The number of rotatable bonds is 5. The molecule has 0 unspecified atom stereocenters. The second-order valence-corrected chi connectivity index (χ2v) is 7.31. The molecular weight excluding hydrogens is 256 g/mol. The monoisotopic (exact) mass is 286 g/mol. The molecule has 1 N–H and O–H groups in total. The highest BCUT2D eigenvalue weighted by atomic mass is 15.2. The Labute approximate surface area is 129 Å². The molecule has 3 rings (SSSR count). The lowest BCUT2D eigenvalue weighted by atomic mass is 9.75. The smallest absolute Gasteiger partial charge is 0.0328 e. The number of nitrogens with zero attached hydrogens (tertiary/aromatic N) is 1. The summed E-state index contributed by atoms with van der Waals surface area (Å²) in [6, 6.07) is 11.8. The molecule has 1 aromatic rings. The molecule has 0 aliphatic heterocycles. The van der Waals surface area contributed by atoms with Gasteiger partial charge in [0.25, 0.3) is 0 Å². The van der Waals surface area contributed by atoms with E-state index < -0.39 is 0 Å². The van der Waals surface area contributed by atoms with Crippen LogP contribution in [0.2, 0.25) is 0 Å². The Morgan fingerprint density at radius 3 is 2.24 bits per heavy atom. The van der Waals surface area contributed by atoms with Crippen molar-refractivity contribution in [3.05, 3.63) is 35.9 Å². The molecule has 21 heavy (non-hydrogen) atoms. The molecule has 2 saturated carbocycles. The Morgan fingerprint density at radius 2 is 1.71 bits per heavy atom. The summed E-state index contributed by atoms with van der Waals surface area (Å²) in [7, 11) is 4.49. The summed E-state index contributed by atoms with van der Waals surface area (Å²) in [6.07, 6.45) is 9.50. The number of nitrogens with one attached hydrogen (secondary N) is 1. The van der Waals surface area contributed by atoms with E-state index in [0.717, 1.165) is 12.0 Å². The largest absolute Gasteiger partial charge is 0.312 e. The predicted molar refractivity (Wildman–Crippen MR) is 89.7 cm³/mol. The van der Waals surface area contributed by atoms with Crippen molar-refractivity contribution < 1.29 is 0 Å². The Morgan fingerprint density at radius 1 is 1.05 bits per heavy atom. The average Bonchev–Trinajstić information content (AvgIpc) is 2.47. The van der Waals surface area contributed by atoms with Gasteiger partial charge in [-0.25, -0.2) is 0 Å². The van der Waals surface area contributed by atoms with Crippen LogP contribution in [0.3, 0.4) is 0 Å². The maximum atomic E-state index is 3.88. The first-order valence-electron chi connectivity index (χ1n) is 8.65. The first-order valence-corrected chi connectivity index (χ1v) is 8.65. The highest BCUT2D eigenvalue weighted by Crippen LogP contribution is 2.37. The topological polar surface area (TPSA) is 15.3 Å². The average molecular weight is 286 g/mol. The lowest BCUT2D eigenvalue weighted by molar-refractivity contribution is 0.0553. The fourth-order valence-electron chi connectivity index (χ4n) is 4.06. The van der Waals surface area contributed by atoms with Crippen LogP contribution in [-0.2, 0) is 0 Å². The fraction of sp³-hybridized carbons (Fsp3) is 0.684. The van der Waals surface area contributed by atoms with E-state index in [-0.39, 0.29) is 0 Å². The van der Waals surface area contributed by atoms with Crippen LogP contribution in [0.15, 0.2) is 30.3 Å². The number of benzene rings is 1. The van der Waals surface area contributed by atoms with Gasteiger partial charge in [-0.15, -0.1) is 0 Å². The number of hydrogen-bond acceptors (Lipinski definition) is 2. The summed E-state index contributed by atoms with van der Waals surface area (Å²) in [5.41, 5.74) is 2.00. The third-order valence-electron chi connectivity index (χ3n) is 5.95. The lowest BCUT2D eigenvalue weighted by Crippen LogP contribution is -2.57. The summed E-state index contributed by atoms with van der Waals surface area (Å²) in [5.74, 6) is 0.788. The second kappa shape index (κ2) is 6.50. The van der Waals surface area contributed by atoms with E-state index >= 15 is 0 Å². The minimum atomic E-state index is 0.455. The maximum Gasteiger partial charge on any atom is 0.0328 e. The second-order valence-electron chi connectivity index (χ2n) is 7.31. The Balaban J connectivity index is 1.46. The molecule has 0 bridgehead atoms. The van der Waals surface area contributed by atoms with E-state index in [1.54, 1.807) is 5.56 Å². The normalized spacial score (nSPS) is 28.3.